The van der Waals surface area contributed by atoms with Gasteiger partial charge in [-0.05, 0) is 17.5 Å². The van der Waals surface area contributed by atoms with Gasteiger partial charge in [0.15, 0.2) is 6.29 Å². The van der Waals surface area contributed by atoms with E-state index in [4.69, 9.17) is 15.2 Å². The molecule has 0 amide bonds. The molecule has 0 aromatic heterocycles. The summed E-state index contributed by atoms with van der Waals surface area (Å²) in [7, 11) is 0. The molecule has 2 aromatic rings. The first-order valence-corrected chi connectivity index (χ1v) is 7.36. The Morgan fingerprint density at radius 3 is 1.62 bits per heavy atom. The predicted molar refractivity (Wildman–Crippen MR) is 84.5 cm³/mol. The molecule has 0 fully saturated rings. The zero-order valence-electron chi connectivity index (χ0n) is 12.4. The SMILES string of the molecule is CCC(N)C(OCc1ccccc1)OCc1ccccc1. The Bertz CT molecular complexity index is 458. The summed E-state index contributed by atoms with van der Waals surface area (Å²) in [6.45, 7) is 3.05. The van der Waals surface area contributed by atoms with Gasteiger partial charge in [-0.3, -0.25) is 0 Å². The fourth-order valence-corrected chi connectivity index (χ4v) is 1.99. The average molecular weight is 285 g/mol. The van der Waals surface area contributed by atoms with E-state index >= 15 is 0 Å². The zero-order chi connectivity index (χ0) is 14.9. The van der Waals surface area contributed by atoms with Crippen molar-refractivity contribution in [2.45, 2.75) is 38.9 Å². The van der Waals surface area contributed by atoms with Crippen molar-refractivity contribution >= 4 is 0 Å². The summed E-state index contributed by atoms with van der Waals surface area (Å²) >= 11 is 0. The van der Waals surface area contributed by atoms with E-state index in [1.54, 1.807) is 0 Å². The van der Waals surface area contributed by atoms with Crippen LogP contribution in [0.25, 0.3) is 0 Å². The number of rotatable bonds is 8. The summed E-state index contributed by atoms with van der Waals surface area (Å²) < 4.78 is 11.7. The van der Waals surface area contributed by atoms with E-state index in [-0.39, 0.29) is 6.04 Å². The fourth-order valence-electron chi connectivity index (χ4n) is 1.99. The lowest BCUT2D eigenvalue weighted by molar-refractivity contribution is -0.168. The quantitative estimate of drug-likeness (QED) is 0.755. The van der Waals surface area contributed by atoms with E-state index in [1.165, 1.54) is 0 Å². The molecule has 2 N–H and O–H groups in total. The van der Waals surface area contributed by atoms with E-state index < -0.39 is 6.29 Å². The highest BCUT2D eigenvalue weighted by Gasteiger charge is 2.17. The third-order valence-corrected chi connectivity index (χ3v) is 3.34. The first kappa shape index (κ1) is 15.7. The summed E-state index contributed by atoms with van der Waals surface area (Å²) in [5, 5.41) is 0. The van der Waals surface area contributed by atoms with Crippen LogP contribution in [-0.4, -0.2) is 12.3 Å². The molecule has 112 valence electrons. The van der Waals surface area contributed by atoms with Crippen LogP contribution >= 0.6 is 0 Å². The maximum atomic E-state index is 6.10. The van der Waals surface area contributed by atoms with Gasteiger partial charge < -0.3 is 15.2 Å². The van der Waals surface area contributed by atoms with Gasteiger partial charge in [-0.2, -0.15) is 0 Å². The van der Waals surface area contributed by atoms with Gasteiger partial charge in [-0.15, -0.1) is 0 Å². The van der Waals surface area contributed by atoms with Gasteiger partial charge in [0, 0.05) is 0 Å². The third kappa shape index (κ3) is 5.31. The number of ether oxygens (including phenoxy) is 2. The van der Waals surface area contributed by atoms with E-state index in [9.17, 15) is 0 Å². The Balaban J connectivity index is 1.88. The molecule has 3 heteroatoms. The number of hydrogen-bond acceptors (Lipinski definition) is 3. The lowest BCUT2D eigenvalue weighted by Gasteiger charge is -2.23. The Morgan fingerprint density at radius 1 is 0.810 bits per heavy atom. The number of hydrogen-bond donors (Lipinski definition) is 1. The van der Waals surface area contributed by atoms with Crippen molar-refractivity contribution in [1.82, 2.24) is 0 Å². The Kier molecular flexibility index (Phi) is 6.41. The summed E-state index contributed by atoms with van der Waals surface area (Å²) in [6, 6.07) is 20.0. The average Bonchev–Trinajstić information content (AvgIpc) is 2.56. The standard InChI is InChI=1S/C18H23NO2/c1-2-17(19)18(20-13-15-9-5-3-6-10-15)21-14-16-11-7-4-8-12-16/h3-12,17-18H,2,13-14,19H2,1H3. The molecule has 21 heavy (non-hydrogen) atoms. The molecule has 0 saturated heterocycles. The van der Waals surface area contributed by atoms with Crippen molar-refractivity contribution in [1.29, 1.82) is 0 Å². The second-order valence-corrected chi connectivity index (χ2v) is 5.03. The van der Waals surface area contributed by atoms with Crippen molar-refractivity contribution < 1.29 is 9.47 Å². The van der Waals surface area contributed by atoms with E-state index in [1.807, 2.05) is 67.6 Å². The van der Waals surface area contributed by atoms with Crippen LogP contribution < -0.4 is 5.73 Å². The molecule has 1 unspecified atom stereocenters. The topological polar surface area (TPSA) is 44.5 Å². The van der Waals surface area contributed by atoms with Crippen LogP contribution in [0.2, 0.25) is 0 Å². The summed E-state index contributed by atoms with van der Waals surface area (Å²) in [6.07, 6.45) is 0.421. The molecule has 0 aliphatic rings. The van der Waals surface area contributed by atoms with E-state index in [0.717, 1.165) is 17.5 Å². The van der Waals surface area contributed by atoms with Crippen LogP contribution in [0.15, 0.2) is 60.7 Å². The van der Waals surface area contributed by atoms with Crippen LogP contribution in [0.3, 0.4) is 0 Å². The minimum absolute atomic E-state index is 0.127. The second-order valence-electron chi connectivity index (χ2n) is 5.03. The number of benzene rings is 2. The van der Waals surface area contributed by atoms with Crippen molar-refractivity contribution in [2.24, 2.45) is 5.73 Å². The van der Waals surface area contributed by atoms with Gasteiger partial charge in [0.2, 0.25) is 0 Å². The molecule has 0 radical (unpaired) electrons. The summed E-state index contributed by atoms with van der Waals surface area (Å²) in [5.41, 5.74) is 8.33. The van der Waals surface area contributed by atoms with Crippen molar-refractivity contribution in [2.75, 3.05) is 0 Å². The predicted octanol–water partition coefficient (Wildman–Crippen LogP) is 3.48. The third-order valence-electron chi connectivity index (χ3n) is 3.34. The summed E-state index contributed by atoms with van der Waals surface area (Å²) in [4.78, 5) is 0. The maximum absolute atomic E-state index is 6.10. The lowest BCUT2D eigenvalue weighted by atomic mass is 10.2. The molecule has 3 nitrogen and oxygen atoms in total. The Hall–Kier alpha value is -1.68. The van der Waals surface area contributed by atoms with Gasteiger partial charge in [-0.25, -0.2) is 0 Å². The minimum atomic E-state index is -0.393. The molecular formula is C18H23NO2. The molecule has 0 saturated carbocycles. The fraction of sp³-hybridized carbons (Fsp3) is 0.333. The molecule has 0 bridgehead atoms. The molecule has 0 spiro atoms. The maximum Gasteiger partial charge on any atom is 0.173 e. The van der Waals surface area contributed by atoms with Gasteiger partial charge in [0.25, 0.3) is 0 Å². The lowest BCUT2D eigenvalue weighted by Crippen LogP contribution is -2.38. The van der Waals surface area contributed by atoms with E-state index in [0.29, 0.717) is 13.2 Å². The number of nitrogens with two attached hydrogens (primary N) is 1. The van der Waals surface area contributed by atoms with E-state index in [2.05, 4.69) is 0 Å². The van der Waals surface area contributed by atoms with Crippen LogP contribution in [0.5, 0.6) is 0 Å². The first-order valence-electron chi connectivity index (χ1n) is 7.36. The Morgan fingerprint density at radius 2 is 1.24 bits per heavy atom. The monoisotopic (exact) mass is 285 g/mol. The minimum Gasteiger partial charge on any atom is -0.346 e. The Labute approximate surface area is 126 Å². The highest BCUT2D eigenvalue weighted by Crippen LogP contribution is 2.11. The van der Waals surface area contributed by atoms with Gasteiger partial charge in [-0.1, -0.05) is 67.6 Å². The van der Waals surface area contributed by atoms with Gasteiger partial charge in [0.1, 0.15) is 0 Å². The van der Waals surface area contributed by atoms with Gasteiger partial charge >= 0.3 is 0 Å². The smallest absolute Gasteiger partial charge is 0.173 e. The first-order chi connectivity index (χ1) is 10.3. The largest absolute Gasteiger partial charge is 0.346 e. The molecule has 0 heterocycles. The zero-order valence-corrected chi connectivity index (χ0v) is 12.4. The molecule has 2 rings (SSSR count). The highest BCUT2D eigenvalue weighted by molar-refractivity contribution is 5.14. The van der Waals surface area contributed by atoms with Crippen molar-refractivity contribution in [3.63, 3.8) is 0 Å². The highest BCUT2D eigenvalue weighted by atomic mass is 16.7. The van der Waals surface area contributed by atoms with Crippen LogP contribution in [0.4, 0.5) is 0 Å². The molecule has 0 aliphatic carbocycles. The van der Waals surface area contributed by atoms with Crippen LogP contribution in [-0.2, 0) is 22.7 Å². The van der Waals surface area contributed by atoms with Crippen LogP contribution in [0.1, 0.15) is 24.5 Å². The van der Waals surface area contributed by atoms with Gasteiger partial charge in [0.05, 0.1) is 19.3 Å². The molecule has 2 aromatic carbocycles. The molecular weight excluding hydrogens is 262 g/mol. The molecule has 0 aliphatic heterocycles. The summed E-state index contributed by atoms with van der Waals surface area (Å²) in [5.74, 6) is 0. The van der Waals surface area contributed by atoms with Crippen molar-refractivity contribution in [3.8, 4) is 0 Å². The molecule has 1 atom stereocenters. The second kappa shape index (κ2) is 8.57. The normalized spacial score (nSPS) is 12.5. The van der Waals surface area contributed by atoms with Crippen molar-refractivity contribution in [3.05, 3.63) is 71.8 Å². The van der Waals surface area contributed by atoms with Crippen LogP contribution in [0, 0.1) is 0 Å².